The Balaban J connectivity index is 1.81. The first kappa shape index (κ1) is 15.6. The quantitative estimate of drug-likeness (QED) is 0.891. The predicted octanol–water partition coefficient (Wildman–Crippen LogP) is 3.36. The Labute approximate surface area is 131 Å². The van der Waals surface area contributed by atoms with Crippen LogP contribution >= 0.6 is 0 Å². The highest BCUT2D eigenvalue weighted by Crippen LogP contribution is 2.32. The molecule has 1 amide bonds. The number of rotatable bonds is 2. The third-order valence-electron chi connectivity index (χ3n) is 3.83. The molecule has 0 aliphatic carbocycles. The number of carbonyl (C=O) groups is 1. The lowest BCUT2D eigenvalue weighted by Gasteiger charge is -2.14. The van der Waals surface area contributed by atoms with E-state index < -0.39 is 17.8 Å². The van der Waals surface area contributed by atoms with Crippen molar-refractivity contribution in [1.29, 1.82) is 0 Å². The second-order valence-corrected chi connectivity index (χ2v) is 5.48. The monoisotopic (exact) mass is 320 g/mol. The van der Waals surface area contributed by atoms with Crippen LogP contribution in [0.3, 0.4) is 0 Å². The molecule has 1 atom stereocenters. The zero-order valence-corrected chi connectivity index (χ0v) is 12.2. The van der Waals surface area contributed by atoms with E-state index in [9.17, 15) is 18.0 Å². The summed E-state index contributed by atoms with van der Waals surface area (Å²) in [4.78, 5) is 12.3. The van der Waals surface area contributed by atoms with Gasteiger partial charge >= 0.3 is 6.18 Å². The van der Waals surface area contributed by atoms with Gasteiger partial charge in [0.1, 0.15) is 0 Å². The van der Waals surface area contributed by atoms with E-state index in [2.05, 4.69) is 10.6 Å². The van der Waals surface area contributed by atoms with Crippen LogP contribution in [-0.4, -0.2) is 11.9 Å². The highest BCUT2D eigenvalue weighted by molar-refractivity contribution is 5.96. The summed E-state index contributed by atoms with van der Waals surface area (Å²) in [6.07, 6.45) is -3.95. The molecule has 1 heterocycles. The van der Waals surface area contributed by atoms with Crippen LogP contribution in [0.25, 0.3) is 0 Å². The van der Waals surface area contributed by atoms with Gasteiger partial charge in [0.05, 0.1) is 11.6 Å². The van der Waals surface area contributed by atoms with E-state index in [1.807, 2.05) is 30.3 Å². The molecule has 0 radical (unpaired) electrons. The lowest BCUT2D eigenvalue weighted by molar-refractivity contribution is -0.137. The summed E-state index contributed by atoms with van der Waals surface area (Å²) >= 11 is 0. The smallest absolute Gasteiger partial charge is 0.324 e. The summed E-state index contributed by atoms with van der Waals surface area (Å²) in [5.74, 6) is -0.327. The second-order valence-electron chi connectivity index (χ2n) is 5.48. The maximum atomic E-state index is 12.8. The zero-order chi connectivity index (χ0) is 16.4. The maximum absolute atomic E-state index is 12.8. The second kappa shape index (κ2) is 6.04. The van der Waals surface area contributed by atoms with Gasteiger partial charge in [-0.1, -0.05) is 36.4 Å². The number of hydrogen-bond acceptors (Lipinski definition) is 2. The van der Waals surface area contributed by atoms with Crippen molar-refractivity contribution in [3.05, 3.63) is 65.2 Å². The average Bonchev–Trinajstić information content (AvgIpc) is 2.66. The molecular weight excluding hydrogens is 305 g/mol. The molecule has 6 heteroatoms. The minimum atomic E-state index is -4.43. The number of fused-ring (bicyclic) bond motifs is 1. The van der Waals surface area contributed by atoms with Crippen molar-refractivity contribution in [1.82, 2.24) is 5.32 Å². The molecule has 0 bridgehead atoms. The van der Waals surface area contributed by atoms with E-state index in [0.29, 0.717) is 18.5 Å². The summed E-state index contributed by atoms with van der Waals surface area (Å²) < 4.78 is 38.4. The summed E-state index contributed by atoms with van der Waals surface area (Å²) in [5, 5.41) is 5.70. The maximum Gasteiger partial charge on any atom is 0.416 e. The Bertz CT molecular complexity index is 714. The predicted molar refractivity (Wildman–Crippen MR) is 80.8 cm³/mol. The number of carbonyl (C=O) groups excluding carboxylic acids is 1. The topological polar surface area (TPSA) is 41.1 Å². The van der Waals surface area contributed by atoms with E-state index in [1.165, 1.54) is 6.07 Å². The molecule has 1 aliphatic heterocycles. The lowest BCUT2D eigenvalue weighted by Crippen LogP contribution is -2.39. The van der Waals surface area contributed by atoms with Gasteiger partial charge in [-0.2, -0.15) is 13.2 Å². The van der Waals surface area contributed by atoms with Crippen LogP contribution in [0.15, 0.2) is 48.5 Å². The molecule has 0 aromatic heterocycles. The number of benzene rings is 2. The Morgan fingerprint density at radius 3 is 2.52 bits per heavy atom. The molecule has 2 aromatic carbocycles. The molecule has 1 aliphatic rings. The zero-order valence-electron chi connectivity index (χ0n) is 12.2. The lowest BCUT2D eigenvalue weighted by atomic mass is 10.1. The molecule has 23 heavy (non-hydrogen) atoms. The van der Waals surface area contributed by atoms with Gasteiger partial charge in [-0.3, -0.25) is 4.79 Å². The van der Waals surface area contributed by atoms with Crippen LogP contribution in [-0.2, 0) is 23.9 Å². The highest BCUT2D eigenvalue weighted by Gasteiger charge is 2.32. The van der Waals surface area contributed by atoms with Crippen LogP contribution in [0.1, 0.15) is 16.7 Å². The average molecular weight is 320 g/mol. The first-order valence-corrected chi connectivity index (χ1v) is 7.22. The van der Waals surface area contributed by atoms with Gasteiger partial charge in [-0.05, 0) is 29.7 Å². The van der Waals surface area contributed by atoms with E-state index in [1.54, 1.807) is 0 Å². The molecule has 0 saturated carbocycles. The normalized spacial score (nSPS) is 18.0. The van der Waals surface area contributed by atoms with Gasteiger partial charge in [0.2, 0.25) is 5.91 Å². The molecule has 3 rings (SSSR count). The molecule has 2 aromatic rings. The van der Waals surface area contributed by atoms with Crippen molar-refractivity contribution in [2.75, 3.05) is 5.32 Å². The Morgan fingerprint density at radius 1 is 1.09 bits per heavy atom. The first-order valence-electron chi connectivity index (χ1n) is 7.22. The van der Waals surface area contributed by atoms with Crippen LogP contribution in [0.4, 0.5) is 18.9 Å². The third-order valence-corrected chi connectivity index (χ3v) is 3.83. The van der Waals surface area contributed by atoms with Crippen LogP contribution in [0, 0.1) is 0 Å². The fraction of sp³-hybridized carbons (Fsp3) is 0.235. The SMILES string of the molecule is O=C1Nc2cc(C(F)(F)F)ccc2CN[C@H]1Cc1ccccc1. The Hall–Kier alpha value is -2.34. The van der Waals surface area contributed by atoms with Crippen molar-refractivity contribution in [2.45, 2.75) is 25.2 Å². The van der Waals surface area contributed by atoms with Crippen molar-refractivity contribution in [3.63, 3.8) is 0 Å². The molecule has 0 saturated heterocycles. The molecular formula is C17H15F3N2O. The minimum Gasteiger partial charge on any atom is -0.324 e. The first-order chi connectivity index (χ1) is 10.9. The van der Waals surface area contributed by atoms with Crippen LogP contribution in [0.2, 0.25) is 0 Å². The van der Waals surface area contributed by atoms with Crippen LogP contribution < -0.4 is 10.6 Å². The van der Waals surface area contributed by atoms with Gasteiger partial charge in [-0.25, -0.2) is 0 Å². The third kappa shape index (κ3) is 3.53. The van der Waals surface area contributed by atoms with Crippen molar-refractivity contribution >= 4 is 11.6 Å². The van der Waals surface area contributed by atoms with E-state index in [-0.39, 0.29) is 11.6 Å². The van der Waals surface area contributed by atoms with Gasteiger partial charge in [0.15, 0.2) is 0 Å². The number of nitrogens with one attached hydrogen (secondary N) is 2. The molecule has 3 nitrogen and oxygen atoms in total. The van der Waals surface area contributed by atoms with Crippen LogP contribution in [0.5, 0.6) is 0 Å². The summed E-state index contributed by atoms with van der Waals surface area (Å²) in [6.45, 7) is 0.337. The standard InChI is InChI=1S/C17H15F3N2O/c18-17(19,20)13-7-6-12-10-21-15(16(23)22-14(12)9-13)8-11-4-2-1-3-5-11/h1-7,9,15,21H,8,10H2,(H,22,23)/t15-/m0/s1. The molecule has 120 valence electrons. The Morgan fingerprint density at radius 2 is 1.83 bits per heavy atom. The summed E-state index contributed by atoms with van der Waals surface area (Å²) in [5.41, 5.74) is 1.08. The molecule has 0 spiro atoms. The molecule has 0 unspecified atom stereocenters. The van der Waals surface area contributed by atoms with Crippen molar-refractivity contribution < 1.29 is 18.0 Å². The number of hydrogen-bond donors (Lipinski definition) is 2. The fourth-order valence-corrected chi connectivity index (χ4v) is 2.58. The minimum absolute atomic E-state index is 0.216. The number of halogens is 3. The summed E-state index contributed by atoms with van der Waals surface area (Å²) in [6, 6.07) is 12.4. The van der Waals surface area contributed by atoms with Crippen molar-refractivity contribution in [2.24, 2.45) is 0 Å². The van der Waals surface area contributed by atoms with Gasteiger partial charge in [0.25, 0.3) is 0 Å². The van der Waals surface area contributed by atoms with Crippen molar-refractivity contribution in [3.8, 4) is 0 Å². The fourth-order valence-electron chi connectivity index (χ4n) is 2.58. The molecule has 2 N–H and O–H groups in total. The molecule has 0 fully saturated rings. The number of alkyl halides is 3. The number of amides is 1. The van der Waals surface area contributed by atoms with E-state index in [4.69, 9.17) is 0 Å². The number of anilines is 1. The summed E-state index contributed by atoms with van der Waals surface area (Å²) in [7, 11) is 0. The van der Waals surface area contributed by atoms with Gasteiger partial charge < -0.3 is 10.6 Å². The van der Waals surface area contributed by atoms with Gasteiger partial charge in [0, 0.05) is 12.2 Å². The largest absolute Gasteiger partial charge is 0.416 e. The highest BCUT2D eigenvalue weighted by atomic mass is 19.4. The Kier molecular flexibility index (Phi) is 4.09. The van der Waals surface area contributed by atoms with E-state index >= 15 is 0 Å². The van der Waals surface area contributed by atoms with Gasteiger partial charge in [-0.15, -0.1) is 0 Å². The van der Waals surface area contributed by atoms with E-state index in [0.717, 1.165) is 17.7 Å².